The van der Waals surface area contributed by atoms with Gasteiger partial charge in [-0.05, 0) is 61.7 Å². The summed E-state index contributed by atoms with van der Waals surface area (Å²) in [6, 6.07) is 17.9. The van der Waals surface area contributed by atoms with E-state index < -0.39 is 0 Å². The number of aromatic hydroxyl groups is 1. The van der Waals surface area contributed by atoms with Gasteiger partial charge in [-0.3, -0.25) is 0 Å². The normalized spacial score (nSPS) is 45.5. The molecule has 32 heavy (non-hydrogen) atoms. The lowest BCUT2D eigenvalue weighted by Gasteiger charge is -2.73. The van der Waals surface area contributed by atoms with E-state index in [2.05, 4.69) is 78.8 Å². The Kier molecular flexibility index (Phi) is 3.54. The van der Waals surface area contributed by atoms with Gasteiger partial charge in [-0.15, -0.1) is 0 Å². The average molecular weight is 429 g/mol. The highest BCUT2D eigenvalue weighted by Crippen LogP contribution is 2.77. The van der Waals surface area contributed by atoms with Gasteiger partial charge in [0.25, 0.3) is 0 Å². The number of phenols is 1. The minimum atomic E-state index is -0.379. The molecule has 4 nitrogen and oxygen atoms in total. The minimum absolute atomic E-state index is 0.0248. The van der Waals surface area contributed by atoms with Crippen LogP contribution in [0.5, 0.6) is 5.75 Å². The molecule has 1 saturated carbocycles. The Morgan fingerprint density at radius 3 is 2.72 bits per heavy atom. The molecule has 8 rings (SSSR count). The van der Waals surface area contributed by atoms with Gasteiger partial charge in [0.15, 0.2) is 0 Å². The number of likely N-dealkylation sites (N-methyl/N-ethyl adjacent to an activating group) is 1. The maximum Gasteiger partial charge on any atom is 0.115 e. The number of nitrogens with zero attached hydrogens (tertiary/aromatic N) is 1. The van der Waals surface area contributed by atoms with Crippen LogP contribution in [0.1, 0.15) is 42.5 Å². The lowest BCUT2D eigenvalue weighted by Crippen LogP contribution is -2.80. The Bertz CT molecular complexity index is 1150. The standard InChI is InChI=1S/C28H32N2O2/c1-25-17-26-11-12-28(25,32-3)24(29-23(25)18-7-5-4-6-8-18)27(26)13-14-30(2)22(26)15-19-9-10-20(31)16-21(19)27/h4-12,16,22-24,29,31H,13-15,17H2,1-3H3/t22?,23-,24-,25-,26+,27-,28-/m0/s1. The monoisotopic (exact) mass is 428 g/mol. The second kappa shape index (κ2) is 5.85. The lowest BCUT2D eigenvalue weighted by molar-refractivity contribution is -0.192. The fourth-order valence-corrected chi connectivity index (χ4v) is 9.16. The Balaban J connectivity index is 1.55. The van der Waals surface area contributed by atoms with Crippen molar-refractivity contribution in [3.63, 3.8) is 0 Å². The van der Waals surface area contributed by atoms with E-state index >= 15 is 0 Å². The molecule has 0 radical (unpaired) electrons. The molecule has 6 aliphatic rings. The van der Waals surface area contributed by atoms with Gasteiger partial charge in [-0.25, -0.2) is 0 Å². The van der Waals surface area contributed by atoms with Crippen LogP contribution in [0.4, 0.5) is 0 Å². The predicted octanol–water partition coefficient (Wildman–Crippen LogP) is 3.95. The smallest absolute Gasteiger partial charge is 0.115 e. The summed E-state index contributed by atoms with van der Waals surface area (Å²) in [6.07, 6.45) is 8.15. The fraction of sp³-hybridized carbons (Fsp3) is 0.500. The molecule has 3 fully saturated rings. The van der Waals surface area contributed by atoms with Crippen LogP contribution in [0.2, 0.25) is 0 Å². The van der Waals surface area contributed by atoms with Crippen molar-refractivity contribution >= 4 is 0 Å². The lowest BCUT2D eigenvalue weighted by atomic mass is 9.34. The number of hydrogen-bond acceptors (Lipinski definition) is 4. The Morgan fingerprint density at radius 1 is 1.12 bits per heavy atom. The maximum atomic E-state index is 10.6. The largest absolute Gasteiger partial charge is 0.508 e. The number of piperidine rings is 1. The number of hydrogen-bond donors (Lipinski definition) is 2. The minimum Gasteiger partial charge on any atom is -0.508 e. The molecule has 2 aromatic rings. The van der Waals surface area contributed by atoms with Crippen LogP contribution in [0.3, 0.4) is 0 Å². The van der Waals surface area contributed by atoms with Gasteiger partial charge in [0.1, 0.15) is 11.4 Å². The highest BCUT2D eigenvalue weighted by Gasteiger charge is 2.81. The Morgan fingerprint density at radius 2 is 1.94 bits per heavy atom. The molecule has 2 saturated heterocycles. The molecule has 2 aliphatic heterocycles. The first-order valence-electron chi connectivity index (χ1n) is 12.0. The summed E-state index contributed by atoms with van der Waals surface area (Å²) in [5, 5.41) is 14.8. The summed E-state index contributed by atoms with van der Waals surface area (Å²) in [5.74, 6) is 0.378. The van der Waals surface area contributed by atoms with Gasteiger partial charge in [-0.1, -0.05) is 55.5 Å². The van der Waals surface area contributed by atoms with Crippen molar-refractivity contribution in [3.8, 4) is 5.75 Å². The second-order valence-corrected chi connectivity index (χ2v) is 11.2. The van der Waals surface area contributed by atoms with Crippen molar-refractivity contribution < 1.29 is 9.84 Å². The number of phenolic OH excluding ortho intramolecular Hbond substituents is 1. The van der Waals surface area contributed by atoms with E-state index in [0.717, 1.165) is 25.8 Å². The molecule has 7 atom stereocenters. The van der Waals surface area contributed by atoms with Gasteiger partial charge in [0, 0.05) is 35.4 Å². The topological polar surface area (TPSA) is 44.7 Å². The molecule has 4 heteroatoms. The van der Waals surface area contributed by atoms with Gasteiger partial charge in [0.05, 0.1) is 6.04 Å². The summed E-state index contributed by atoms with van der Waals surface area (Å²) >= 11 is 0. The van der Waals surface area contributed by atoms with Crippen LogP contribution in [-0.2, 0) is 16.6 Å². The molecule has 1 unspecified atom stereocenters. The Hall–Kier alpha value is -2.14. The van der Waals surface area contributed by atoms with Crippen molar-refractivity contribution in [3.05, 3.63) is 77.4 Å². The molecule has 4 aliphatic carbocycles. The molecule has 1 spiro atoms. The first kappa shape index (κ1) is 19.3. The van der Waals surface area contributed by atoms with Gasteiger partial charge in [-0.2, -0.15) is 0 Å². The number of nitrogens with one attached hydrogen (secondary N) is 1. The van der Waals surface area contributed by atoms with Gasteiger partial charge < -0.3 is 20.1 Å². The van der Waals surface area contributed by atoms with Crippen molar-refractivity contribution in [2.75, 3.05) is 20.7 Å². The van der Waals surface area contributed by atoms with Crippen molar-refractivity contribution in [2.24, 2.45) is 10.8 Å². The number of likely N-dealkylation sites (tertiary alicyclic amines) is 1. The van der Waals surface area contributed by atoms with E-state index in [-0.39, 0.29) is 33.9 Å². The first-order valence-corrected chi connectivity index (χ1v) is 12.0. The summed E-state index contributed by atoms with van der Waals surface area (Å²) in [7, 11) is 4.21. The van der Waals surface area contributed by atoms with E-state index in [1.54, 1.807) is 0 Å². The van der Waals surface area contributed by atoms with Crippen molar-refractivity contribution in [2.45, 2.75) is 55.3 Å². The van der Waals surface area contributed by atoms with E-state index in [0.29, 0.717) is 11.8 Å². The molecular formula is C28H32N2O2. The van der Waals surface area contributed by atoms with E-state index in [9.17, 15) is 5.11 Å². The SMILES string of the molecule is CO[C@]12C=C[C@]34C[C@@]1(C)[C@H](c1ccccc1)N[C@H]2[C@@]31CCN(C)C4Cc2ccc(O)cc21. The molecule has 166 valence electrons. The first-order chi connectivity index (χ1) is 15.4. The second-order valence-electron chi connectivity index (χ2n) is 11.2. The van der Waals surface area contributed by atoms with E-state index in [1.807, 2.05) is 13.2 Å². The number of benzene rings is 2. The summed E-state index contributed by atoms with van der Waals surface area (Å²) in [4.78, 5) is 2.60. The molecule has 0 amide bonds. The molecule has 2 heterocycles. The van der Waals surface area contributed by atoms with Crippen LogP contribution in [0.25, 0.3) is 0 Å². The molecular weight excluding hydrogens is 396 g/mol. The zero-order valence-corrected chi connectivity index (χ0v) is 19.1. The molecule has 0 aromatic heterocycles. The van der Waals surface area contributed by atoms with Crippen LogP contribution in [-0.4, -0.2) is 48.4 Å². The molecule has 2 aromatic carbocycles. The third-order valence-electron chi connectivity index (χ3n) is 10.3. The highest BCUT2D eigenvalue weighted by molar-refractivity contribution is 5.57. The number of rotatable bonds is 2. The maximum absolute atomic E-state index is 10.6. The Labute approximate surface area is 190 Å². The third-order valence-corrected chi connectivity index (χ3v) is 10.3. The number of fused-ring (bicyclic) bond motifs is 1. The van der Waals surface area contributed by atoms with Gasteiger partial charge in [0.2, 0.25) is 0 Å². The van der Waals surface area contributed by atoms with E-state index in [1.165, 1.54) is 16.7 Å². The quantitative estimate of drug-likeness (QED) is 0.711. The highest BCUT2D eigenvalue weighted by atomic mass is 16.5. The molecule has 2 N–H and O–H groups in total. The summed E-state index contributed by atoms with van der Waals surface area (Å²) < 4.78 is 6.59. The average Bonchev–Trinajstić information content (AvgIpc) is 3.02. The van der Waals surface area contributed by atoms with Crippen LogP contribution in [0.15, 0.2) is 60.7 Å². The summed E-state index contributed by atoms with van der Waals surface area (Å²) in [6.45, 7) is 3.52. The van der Waals surface area contributed by atoms with Crippen LogP contribution >= 0.6 is 0 Å². The predicted molar refractivity (Wildman–Crippen MR) is 125 cm³/mol. The van der Waals surface area contributed by atoms with E-state index in [4.69, 9.17) is 4.74 Å². The van der Waals surface area contributed by atoms with Crippen molar-refractivity contribution in [1.82, 2.24) is 10.2 Å². The number of ether oxygens (including phenoxy) is 1. The fourth-order valence-electron chi connectivity index (χ4n) is 9.16. The number of methoxy groups -OCH3 is 1. The zero-order valence-electron chi connectivity index (χ0n) is 19.1. The van der Waals surface area contributed by atoms with Crippen LogP contribution in [0, 0.1) is 10.8 Å². The third kappa shape index (κ3) is 1.83. The van der Waals surface area contributed by atoms with Crippen molar-refractivity contribution in [1.29, 1.82) is 0 Å². The van der Waals surface area contributed by atoms with Crippen LogP contribution < -0.4 is 5.32 Å². The zero-order chi connectivity index (χ0) is 21.9. The molecule has 6 bridgehead atoms. The summed E-state index contributed by atoms with van der Waals surface area (Å²) in [5.41, 5.74) is 3.58. The van der Waals surface area contributed by atoms with Gasteiger partial charge >= 0.3 is 0 Å².